The average Bonchev–Trinajstić information content (AvgIpc) is 3.20. The predicted octanol–water partition coefficient (Wildman–Crippen LogP) is 1.32. The van der Waals surface area contributed by atoms with Crippen molar-refractivity contribution in [3.8, 4) is 0 Å². The number of ether oxygens (including phenoxy) is 2. The van der Waals surface area contributed by atoms with Gasteiger partial charge in [0.05, 0.1) is 35.5 Å². The molecule has 1 aliphatic rings. The van der Waals surface area contributed by atoms with Crippen molar-refractivity contribution in [2.45, 2.75) is 18.6 Å². The molecule has 0 bridgehead atoms. The van der Waals surface area contributed by atoms with E-state index in [9.17, 15) is 27.6 Å². The number of aromatic amines is 1. The number of rotatable bonds is 5. The minimum atomic E-state index is -4.69. The molecular formula is C17H19F3N5O5P. The van der Waals surface area contributed by atoms with Gasteiger partial charge in [0, 0.05) is 19.7 Å². The maximum absolute atomic E-state index is 13.8. The molecule has 0 radical (unpaired) electrons. The number of anilines is 1. The predicted molar refractivity (Wildman–Crippen MR) is 105 cm³/mol. The number of nitrogens with zero attached hydrogens (tertiary/aromatic N) is 4. The van der Waals surface area contributed by atoms with E-state index < -0.39 is 31.3 Å². The van der Waals surface area contributed by atoms with Crippen LogP contribution < -0.4 is 10.5 Å². The summed E-state index contributed by atoms with van der Waals surface area (Å²) in [4.78, 5) is 16.3. The van der Waals surface area contributed by atoms with Crippen LogP contribution in [0, 0.1) is 0 Å². The molecule has 168 valence electrons. The maximum Gasteiger partial charge on any atom is 0.418 e. The molecule has 0 amide bonds. The van der Waals surface area contributed by atoms with Crippen molar-refractivity contribution in [3.63, 3.8) is 0 Å². The van der Waals surface area contributed by atoms with Gasteiger partial charge in [0.1, 0.15) is 8.46 Å². The number of aliphatic hydroxyl groups is 1. The third-order valence-corrected chi connectivity index (χ3v) is 5.72. The Morgan fingerprint density at radius 1 is 1.29 bits per heavy atom. The van der Waals surface area contributed by atoms with E-state index >= 15 is 0 Å². The third-order valence-electron chi connectivity index (χ3n) is 4.97. The van der Waals surface area contributed by atoms with Gasteiger partial charge in [-0.1, -0.05) is 0 Å². The van der Waals surface area contributed by atoms with Crippen LogP contribution in [-0.4, -0.2) is 57.6 Å². The summed E-state index contributed by atoms with van der Waals surface area (Å²) in [6, 6.07) is 2.07. The zero-order valence-corrected chi connectivity index (χ0v) is 17.4. The van der Waals surface area contributed by atoms with Crippen LogP contribution in [0.3, 0.4) is 0 Å². The minimum absolute atomic E-state index is 0.0287. The molecule has 1 saturated heterocycles. The summed E-state index contributed by atoms with van der Waals surface area (Å²) in [5, 5.41) is 18.2. The molecule has 4 rings (SSSR count). The average molecular weight is 461 g/mol. The van der Waals surface area contributed by atoms with Gasteiger partial charge in [0.15, 0.2) is 0 Å². The van der Waals surface area contributed by atoms with Crippen molar-refractivity contribution in [1.29, 1.82) is 0 Å². The third kappa shape index (κ3) is 3.71. The highest BCUT2D eigenvalue weighted by atomic mass is 31.1. The van der Waals surface area contributed by atoms with Gasteiger partial charge < -0.3 is 29.0 Å². The van der Waals surface area contributed by atoms with Crippen molar-refractivity contribution in [2.24, 2.45) is 0 Å². The number of alkyl halides is 3. The molecule has 1 aliphatic heterocycles. The van der Waals surface area contributed by atoms with E-state index in [1.165, 1.54) is 11.0 Å². The van der Waals surface area contributed by atoms with Crippen LogP contribution in [-0.2, 0) is 25.7 Å². The first-order chi connectivity index (χ1) is 14.7. The van der Waals surface area contributed by atoms with Crippen molar-refractivity contribution in [3.05, 3.63) is 33.9 Å². The van der Waals surface area contributed by atoms with Gasteiger partial charge in [0.25, 0.3) is 11.1 Å². The molecule has 1 aromatic carbocycles. The van der Waals surface area contributed by atoms with Crippen LogP contribution >= 0.6 is 8.46 Å². The fourth-order valence-corrected chi connectivity index (χ4v) is 4.12. The molecule has 2 N–H and O–H groups in total. The lowest BCUT2D eigenvalue weighted by molar-refractivity contribution is -0.143. The van der Waals surface area contributed by atoms with E-state index in [1.54, 1.807) is 6.92 Å². The largest absolute Gasteiger partial charge is 0.418 e. The fraction of sp³-hybridized carbons (Fsp3) is 0.471. The van der Waals surface area contributed by atoms with E-state index in [2.05, 4.69) is 15.2 Å². The van der Waals surface area contributed by atoms with Gasteiger partial charge in [-0.15, -0.1) is 10.2 Å². The Hall–Kier alpha value is -2.47. The zero-order valence-electron chi connectivity index (χ0n) is 16.3. The number of aromatic nitrogens is 4. The summed E-state index contributed by atoms with van der Waals surface area (Å²) in [6.45, 7) is 2.53. The molecule has 2 unspecified atom stereocenters. The Kier molecular flexibility index (Phi) is 5.54. The summed E-state index contributed by atoms with van der Waals surface area (Å²) in [5.74, 6) is -0.349. The number of halogens is 3. The van der Waals surface area contributed by atoms with E-state index in [1.807, 2.05) is 0 Å². The molecule has 2 aromatic heterocycles. The Balaban J connectivity index is 2.08. The molecule has 3 heterocycles. The first-order valence-electron chi connectivity index (χ1n) is 9.38. The number of nitrogens with one attached hydrogen (secondary N) is 1. The van der Waals surface area contributed by atoms with Gasteiger partial charge in [-0.25, -0.2) is 0 Å². The standard InChI is InChI=1S/C17H19F3N5O5P/c1-2-30-17(27,31-28)15-23-22-13-14(26)21-10-7-9(16(18,19)20)11(8-12(10)25(13)15)24-3-5-29-6-4-24/h7-8,27H,2-6,31H2,1H3,(H,21,26). The lowest BCUT2D eigenvalue weighted by atomic mass is 10.1. The molecule has 0 spiro atoms. The number of fused-ring (bicyclic) bond motifs is 3. The zero-order chi connectivity index (χ0) is 22.4. The molecule has 0 saturated carbocycles. The molecular weight excluding hydrogens is 442 g/mol. The molecule has 10 nitrogen and oxygen atoms in total. The van der Waals surface area contributed by atoms with Gasteiger partial charge >= 0.3 is 6.18 Å². The molecule has 31 heavy (non-hydrogen) atoms. The second-order valence-electron chi connectivity index (χ2n) is 6.87. The van der Waals surface area contributed by atoms with E-state index in [0.717, 1.165) is 10.5 Å². The van der Waals surface area contributed by atoms with Crippen LogP contribution in [0.1, 0.15) is 18.3 Å². The van der Waals surface area contributed by atoms with Gasteiger partial charge in [-0.2, -0.15) is 13.2 Å². The molecule has 1 fully saturated rings. The quantitative estimate of drug-likeness (QED) is 0.431. The Morgan fingerprint density at radius 2 is 2.00 bits per heavy atom. The van der Waals surface area contributed by atoms with E-state index in [-0.39, 0.29) is 61.1 Å². The van der Waals surface area contributed by atoms with Gasteiger partial charge in [0.2, 0.25) is 11.5 Å². The molecule has 3 aromatic rings. The first-order valence-corrected chi connectivity index (χ1v) is 10.4. The number of hydrogen-bond acceptors (Lipinski definition) is 8. The van der Waals surface area contributed by atoms with Crippen LogP contribution in [0.4, 0.5) is 18.9 Å². The number of morpholine rings is 1. The summed E-state index contributed by atoms with van der Waals surface area (Å²) in [6.07, 6.45) is -4.69. The summed E-state index contributed by atoms with van der Waals surface area (Å²) in [7, 11) is -1.98. The van der Waals surface area contributed by atoms with Crippen molar-refractivity contribution in [2.75, 3.05) is 37.8 Å². The van der Waals surface area contributed by atoms with E-state index in [0.29, 0.717) is 0 Å². The summed E-state index contributed by atoms with van der Waals surface area (Å²) >= 11 is 0. The van der Waals surface area contributed by atoms with Gasteiger partial charge in [-0.3, -0.25) is 9.20 Å². The van der Waals surface area contributed by atoms with Crippen LogP contribution in [0.25, 0.3) is 16.7 Å². The van der Waals surface area contributed by atoms with Gasteiger partial charge in [-0.05, 0) is 19.1 Å². The topological polar surface area (TPSA) is 122 Å². The highest BCUT2D eigenvalue weighted by Crippen LogP contribution is 2.40. The maximum atomic E-state index is 13.8. The minimum Gasteiger partial charge on any atom is -0.378 e. The number of benzene rings is 1. The summed E-state index contributed by atoms with van der Waals surface area (Å²) in [5.41, 5.74) is -4.54. The number of hydrogen-bond donors (Lipinski definition) is 2. The molecule has 2 atom stereocenters. The lowest BCUT2D eigenvalue weighted by Crippen LogP contribution is -2.37. The Morgan fingerprint density at radius 3 is 2.61 bits per heavy atom. The highest BCUT2D eigenvalue weighted by Gasteiger charge is 2.38. The first kappa shape index (κ1) is 21.8. The van der Waals surface area contributed by atoms with Crippen molar-refractivity contribution >= 4 is 30.8 Å². The second-order valence-corrected chi connectivity index (χ2v) is 7.89. The summed E-state index contributed by atoms with van der Waals surface area (Å²) < 4.78 is 64.8. The van der Waals surface area contributed by atoms with Crippen LogP contribution in [0.5, 0.6) is 0 Å². The van der Waals surface area contributed by atoms with Crippen LogP contribution in [0.2, 0.25) is 0 Å². The van der Waals surface area contributed by atoms with Crippen molar-refractivity contribution < 1.29 is 32.3 Å². The van der Waals surface area contributed by atoms with E-state index in [4.69, 9.17) is 9.47 Å². The fourth-order valence-electron chi connectivity index (χ4n) is 3.60. The molecule has 14 heteroatoms. The second kappa shape index (κ2) is 7.90. The SMILES string of the molecule is CCOC(O)([PH2]=O)c1nnc2c(=O)[nH]c3cc(C(F)(F)F)c(N4CCOCC4)cc3n12. The van der Waals surface area contributed by atoms with Crippen LogP contribution in [0.15, 0.2) is 16.9 Å². The van der Waals surface area contributed by atoms with Crippen molar-refractivity contribution in [1.82, 2.24) is 19.6 Å². The number of H-pyrrole nitrogens is 1. The smallest absolute Gasteiger partial charge is 0.378 e. The molecule has 0 aliphatic carbocycles. The highest BCUT2D eigenvalue weighted by molar-refractivity contribution is 7.24. The monoisotopic (exact) mass is 461 g/mol. The lowest BCUT2D eigenvalue weighted by Gasteiger charge is -2.31. The normalized spacial score (nSPS) is 17.8. The Labute approximate surface area is 173 Å². The Bertz CT molecular complexity index is 1210.